The predicted molar refractivity (Wildman–Crippen MR) is 108 cm³/mol. The zero-order chi connectivity index (χ0) is 15.8. The van der Waals surface area contributed by atoms with Gasteiger partial charge in [-0.3, -0.25) is 4.99 Å². The summed E-state index contributed by atoms with van der Waals surface area (Å²) in [5.41, 5.74) is 1.19. The van der Waals surface area contributed by atoms with E-state index < -0.39 is 0 Å². The lowest BCUT2D eigenvalue weighted by Gasteiger charge is -2.17. The Kier molecular flexibility index (Phi) is 9.06. The van der Waals surface area contributed by atoms with E-state index in [0.29, 0.717) is 12.0 Å². The highest BCUT2D eigenvalue weighted by Crippen LogP contribution is 2.14. The summed E-state index contributed by atoms with van der Waals surface area (Å²) in [6.07, 6.45) is 6.55. The second kappa shape index (κ2) is 10.5. The van der Waals surface area contributed by atoms with Crippen molar-refractivity contribution >= 4 is 29.9 Å². The standard InChI is InChI=1S/C18H27N3O.HI/c1-14(2)13-22-17-10-6-7-15(11-17)12-20-18(19-3)21-16-8-4-5-9-16;/h4-7,10-11,14,16H,8-9,12-13H2,1-3H3,(H2,19,20,21);1H. The van der Waals surface area contributed by atoms with E-state index in [4.69, 9.17) is 4.74 Å². The fourth-order valence-corrected chi connectivity index (χ4v) is 2.32. The number of guanidine groups is 1. The Morgan fingerprint density at radius 1 is 1.30 bits per heavy atom. The lowest BCUT2D eigenvalue weighted by Crippen LogP contribution is -2.42. The predicted octanol–water partition coefficient (Wildman–Crippen LogP) is 3.72. The van der Waals surface area contributed by atoms with E-state index in [1.54, 1.807) is 7.05 Å². The first-order valence-corrected chi connectivity index (χ1v) is 8.01. The molecule has 4 nitrogen and oxygen atoms in total. The van der Waals surface area contributed by atoms with Gasteiger partial charge in [0.15, 0.2) is 5.96 Å². The Balaban J connectivity index is 0.00000264. The quantitative estimate of drug-likeness (QED) is 0.314. The molecular weight excluding hydrogens is 401 g/mol. The van der Waals surface area contributed by atoms with E-state index in [2.05, 4.69) is 53.8 Å². The second-order valence-corrected chi connectivity index (χ2v) is 6.06. The van der Waals surface area contributed by atoms with E-state index in [9.17, 15) is 0 Å². The number of nitrogens with zero attached hydrogens (tertiary/aromatic N) is 1. The largest absolute Gasteiger partial charge is 0.493 e. The van der Waals surface area contributed by atoms with Crippen molar-refractivity contribution < 1.29 is 4.74 Å². The summed E-state index contributed by atoms with van der Waals surface area (Å²) < 4.78 is 5.77. The Bertz CT molecular complexity index is 521. The summed E-state index contributed by atoms with van der Waals surface area (Å²) in [6.45, 7) is 5.78. The zero-order valence-corrected chi connectivity index (χ0v) is 16.5. The molecule has 0 unspecified atom stereocenters. The minimum Gasteiger partial charge on any atom is -0.493 e. The van der Waals surface area contributed by atoms with Gasteiger partial charge in [0.05, 0.1) is 6.61 Å². The smallest absolute Gasteiger partial charge is 0.191 e. The first-order chi connectivity index (χ1) is 10.7. The van der Waals surface area contributed by atoms with Crippen molar-refractivity contribution in [3.63, 3.8) is 0 Å². The fourth-order valence-electron chi connectivity index (χ4n) is 2.32. The highest BCUT2D eigenvalue weighted by atomic mass is 127. The average molecular weight is 429 g/mol. The summed E-state index contributed by atoms with van der Waals surface area (Å²) in [4.78, 5) is 4.28. The Morgan fingerprint density at radius 2 is 2.04 bits per heavy atom. The van der Waals surface area contributed by atoms with Gasteiger partial charge >= 0.3 is 0 Å². The third kappa shape index (κ3) is 7.24. The van der Waals surface area contributed by atoms with Crippen LogP contribution in [0.2, 0.25) is 0 Å². The molecule has 128 valence electrons. The number of hydrogen-bond donors (Lipinski definition) is 2. The van der Waals surface area contributed by atoms with Crippen LogP contribution in [0.15, 0.2) is 41.4 Å². The van der Waals surface area contributed by atoms with Crippen LogP contribution in [0.3, 0.4) is 0 Å². The van der Waals surface area contributed by atoms with E-state index in [1.165, 1.54) is 5.56 Å². The lowest BCUT2D eigenvalue weighted by atomic mass is 10.2. The second-order valence-electron chi connectivity index (χ2n) is 6.06. The highest BCUT2D eigenvalue weighted by molar-refractivity contribution is 14.0. The topological polar surface area (TPSA) is 45.7 Å². The minimum absolute atomic E-state index is 0. The maximum Gasteiger partial charge on any atom is 0.191 e. The minimum atomic E-state index is 0. The van der Waals surface area contributed by atoms with Crippen LogP contribution >= 0.6 is 24.0 Å². The first kappa shape index (κ1) is 19.8. The molecule has 2 rings (SSSR count). The maximum atomic E-state index is 5.77. The lowest BCUT2D eigenvalue weighted by molar-refractivity contribution is 0.271. The molecule has 0 spiro atoms. The molecule has 23 heavy (non-hydrogen) atoms. The monoisotopic (exact) mass is 429 g/mol. The summed E-state index contributed by atoms with van der Waals surface area (Å²) in [5, 5.41) is 6.80. The third-order valence-electron chi connectivity index (χ3n) is 3.51. The molecule has 0 saturated heterocycles. The van der Waals surface area contributed by atoms with Crippen LogP contribution in [0.5, 0.6) is 5.75 Å². The number of rotatable bonds is 6. The zero-order valence-electron chi connectivity index (χ0n) is 14.2. The molecule has 0 saturated carbocycles. The van der Waals surface area contributed by atoms with E-state index in [-0.39, 0.29) is 24.0 Å². The van der Waals surface area contributed by atoms with Gasteiger partial charge in [-0.25, -0.2) is 0 Å². The summed E-state index contributed by atoms with van der Waals surface area (Å²) in [6, 6.07) is 8.68. The molecule has 1 aromatic carbocycles. The number of halogens is 1. The van der Waals surface area contributed by atoms with Gasteiger partial charge in [-0.15, -0.1) is 24.0 Å². The molecular formula is C18H28IN3O. The molecule has 5 heteroatoms. The molecule has 2 N–H and O–H groups in total. The Morgan fingerprint density at radius 3 is 2.70 bits per heavy atom. The number of hydrogen-bond acceptors (Lipinski definition) is 2. The van der Waals surface area contributed by atoms with Gasteiger partial charge in [0.2, 0.25) is 0 Å². The number of nitrogens with one attached hydrogen (secondary N) is 2. The van der Waals surface area contributed by atoms with Crippen LogP contribution in [0.1, 0.15) is 32.3 Å². The van der Waals surface area contributed by atoms with E-state index >= 15 is 0 Å². The van der Waals surface area contributed by atoms with Gasteiger partial charge in [0, 0.05) is 19.6 Å². The van der Waals surface area contributed by atoms with Crippen LogP contribution < -0.4 is 15.4 Å². The van der Waals surface area contributed by atoms with Gasteiger partial charge in [0.25, 0.3) is 0 Å². The molecule has 0 aromatic heterocycles. The van der Waals surface area contributed by atoms with Crippen molar-refractivity contribution in [2.75, 3.05) is 13.7 Å². The molecule has 0 aliphatic heterocycles. The Hall–Kier alpha value is -1.24. The van der Waals surface area contributed by atoms with Crippen LogP contribution in [-0.2, 0) is 6.54 Å². The van der Waals surface area contributed by atoms with Crippen LogP contribution in [0.4, 0.5) is 0 Å². The highest BCUT2D eigenvalue weighted by Gasteiger charge is 2.11. The van der Waals surface area contributed by atoms with Crippen molar-refractivity contribution in [2.24, 2.45) is 10.9 Å². The molecule has 0 atom stereocenters. The normalized spacial score (nSPS) is 14.7. The van der Waals surface area contributed by atoms with Crippen molar-refractivity contribution in [1.82, 2.24) is 10.6 Å². The van der Waals surface area contributed by atoms with Crippen LogP contribution in [0.25, 0.3) is 0 Å². The Labute approximate surface area is 156 Å². The summed E-state index contributed by atoms with van der Waals surface area (Å²) in [5.74, 6) is 2.31. The van der Waals surface area contributed by atoms with Gasteiger partial charge in [-0.1, -0.05) is 38.1 Å². The average Bonchev–Trinajstić information content (AvgIpc) is 3.03. The first-order valence-electron chi connectivity index (χ1n) is 8.01. The number of benzene rings is 1. The van der Waals surface area contributed by atoms with E-state index in [0.717, 1.165) is 37.7 Å². The number of ether oxygens (including phenoxy) is 1. The molecule has 0 heterocycles. The van der Waals surface area contributed by atoms with Crippen molar-refractivity contribution in [1.29, 1.82) is 0 Å². The third-order valence-corrected chi connectivity index (χ3v) is 3.51. The fraction of sp³-hybridized carbons (Fsp3) is 0.500. The molecule has 1 aromatic rings. The SMILES string of the molecule is CN=C(NCc1cccc(OCC(C)C)c1)NC1CC=CC1.I. The van der Waals surface area contributed by atoms with Gasteiger partial charge in [0.1, 0.15) is 5.75 Å². The van der Waals surface area contributed by atoms with Gasteiger partial charge in [-0.2, -0.15) is 0 Å². The molecule has 0 fully saturated rings. The van der Waals surface area contributed by atoms with Crippen molar-refractivity contribution in [3.05, 3.63) is 42.0 Å². The number of aliphatic imine (C=N–C) groups is 1. The van der Waals surface area contributed by atoms with E-state index in [1.807, 2.05) is 12.1 Å². The molecule has 1 aliphatic carbocycles. The maximum absolute atomic E-state index is 5.77. The van der Waals surface area contributed by atoms with Gasteiger partial charge in [-0.05, 0) is 36.5 Å². The van der Waals surface area contributed by atoms with Crippen molar-refractivity contribution in [3.8, 4) is 5.75 Å². The molecule has 0 bridgehead atoms. The molecule has 0 radical (unpaired) electrons. The summed E-state index contributed by atoms with van der Waals surface area (Å²) in [7, 11) is 1.81. The summed E-state index contributed by atoms with van der Waals surface area (Å²) >= 11 is 0. The van der Waals surface area contributed by atoms with Gasteiger partial charge < -0.3 is 15.4 Å². The van der Waals surface area contributed by atoms with Crippen LogP contribution in [0, 0.1) is 5.92 Å². The van der Waals surface area contributed by atoms with Crippen LogP contribution in [-0.4, -0.2) is 25.7 Å². The molecule has 0 amide bonds. The van der Waals surface area contributed by atoms with Crippen molar-refractivity contribution in [2.45, 2.75) is 39.3 Å². The molecule has 1 aliphatic rings.